The molecule has 0 amide bonds. The number of aromatic amines is 2. The van der Waals surface area contributed by atoms with Crippen molar-refractivity contribution in [2.24, 2.45) is 0 Å². The molecule has 0 fully saturated rings. The molecule has 0 aliphatic rings. The highest BCUT2D eigenvalue weighted by Gasteiger charge is 2.20. The summed E-state index contributed by atoms with van der Waals surface area (Å²) < 4.78 is 0. The average Bonchev–Trinajstić information content (AvgIpc) is 2.41. The summed E-state index contributed by atoms with van der Waals surface area (Å²) in [4.78, 5) is 46.5. The summed E-state index contributed by atoms with van der Waals surface area (Å²) in [6, 6.07) is 1.17. The van der Waals surface area contributed by atoms with Crippen molar-refractivity contribution >= 4 is 27.8 Å². The number of H-pyrrole nitrogens is 2. The third-order valence-electron chi connectivity index (χ3n) is 3.23. The third kappa shape index (κ3) is 1.86. The molecule has 0 saturated heterocycles. The van der Waals surface area contributed by atoms with Crippen LogP contribution in [-0.4, -0.2) is 24.9 Å². The molecular formula is C12H9N5O4. The number of hydrogen-bond donors (Lipinski definition) is 2. The van der Waals surface area contributed by atoms with E-state index in [1.807, 2.05) is 0 Å². The number of rotatable bonds is 1. The quantitative estimate of drug-likeness (QED) is 0.292. The molecule has 2 aromatic heterocycles. The molecule has 9 nitrogen and oxygen atoms in total. The minimum absolute atomic E-state index is 0.0679. The maximum absolute atomic E-state index is 11.5. The van der Waals surface area contributed by atoms with Crippen LogP contribution in [0.15, 0.2) is 15.7 Å². The SMILES string of the molecule is Cc1nc2c([N+](=O)[O-])cc3[nH]c(=O)c(=O)[nH]c3c2nc1C. The number of benzene rings is 1. The summed E-state index contributed by atoms with van der Waals surface area (Å²) in [5.74, 6) is 0. The highest BCUT2D eigenvalue weighted by atomic mass is 16.6. The number of hydrogen-bond acceptors (Lipinski definition) is 6. The van der Waals surface area contributed by atoms with Crippen molar-refractivity contribution < 1.29 is 4.92 Å². The topological polar surface area (TPSA) is 135 Å². The van der Waals surface area contributed by atoms with Crippen LogP contribution < -0.4 is 11.1 Å². The maximum atomic E-state index is 11.5. The summed E-state index contributed by atoms with van der Waals surface area (Å²) >= 11 is 0. The molecule has 2 N–H and O–H groups in total. The zero-order valence-electron chi connectivity index (χ0n) is 11.1. The van der Waals surface area contributed by atoms with E-state index in [4.69, 9.17) is 0 Å². The van der Waals surface area contributed by atoms with Crippen LogP contribution >= 0.6 is 0 Å². The summed E-state index contributed by atoms with van der Waals surface area (Å²) in [7, 11) is 0. The van der Waals surface area contributed by atoms with Crippen LogP contribution in [0.2, 0.25) is 0 Å². The van der Waals surface area contributed by atoms with Gasteiger partial charge in [-0.25, -0.2) is 9.97 Å². The molecule has 3 aromatic rings. The van der Waals surface area contributed by atoms with E-state index in [1.165, 1.54) is 6.07 Å². The highest BCUT2D eigenvalue weighted by Crippen LogP contribution is 2.28. The third-order valence-corrected chi connectivity index (χ3v) is 3.23. The van der Waals surface area contributed by atoms with E-state index in [-0.39, 0.29) is 27.8 Å². The van der Waals surface area contributed by atoms with E-state index in [1.54, 1.807) is 13.8 Å². The average molecular weight is 287 g/mol. The van der Waals surface area contributed by atoms with Gasteiger partial charge < -0.3 is 9.97 Å². The molecule has 0 aliphatic carbocycles. The number of fused-ring (bicyclic) bond motifs is 3. The minimum Gasteiger partial charge on any atom is -0.316 e. The Morgan fingerprint density at radius 2 is 1.62 bits per heavy atom. The lowest BCUT2D eigenvalue weighted by Crippen LogP contribution is -2.29. The molecule has 0 aliphatic heterocycles. The van der Waals surface area contributed by atoms with Gasteiger partial charge in [-0.1, -0.05) is 0 Å². The van der Waals surface area contributed by atoms with Crippen molar-refractivity contribution in [2.45, 2.75) is 13.8 Å². The van der Waals surface area contributed by atoms with Gasteiger partial charge in [0.15, 0.2) is 5.52 Å². The molecule has 0 spiro atoms. The van der Waals surface area contributed by atoms with E-state index in [9.17, 15) is 19.7 Å². The Balaban J connectivity index is 2.66. The van der Waals surface area contributed by atoms with Gasteiger partial charge in [-0.15, -0.1) is 0 Å². The molecule has 106 valence electrons. The van der Waals surface area contributed by atoms with Crippen LogP contribution in [0, 0.1) is 24.0 Å². The smallest absolute Gasteiger partial charge is 0.314 e. The lowest BCUT2D eigenvalue weighted by Gasteiger charge is -2.06. The Labute approximate surface area is 115 Å². The fourth-order valence-electron chi connectivity index (χ4n) is 2.07. The van der Waals surface area contributed by atoms with E-state index in [2.05, 4.69) is 19.9 Å². The second-order valence-corrected chi connectivity index (χ2v) is 4.58. The molecule has 0 atom stereocenters. The van der Waals surface area contributed by atoms with Crippen molar-refractivity contribution in [1.82, 2.24) is 19.9 Å². The largest absolute Gasteiger partial charge is 0.316 e. The van der Waals surface area contributed by atoms with Gasteiger partial charge in [-0.2, -0.15) is 0 Å². The van der Waals surface area contributed by atoms with Crippen LogP contribution in [0.1, 0.15) is 11.4 Å². The van der Waals surface area contributed by atoms with Crippen molar-refractivity contribution in [2.75, 3.05) is 0 Å². The first kappa shape index (κ1) is 12.9. The van der Waals surface area contributed by atoms with Crippen LogP contribution in [0.4, 0.5) is 5.69 Å². The predicted molar refractivity (Wildman–Crippen MR) is 74.4 cm³/mol. The molecule has 21 heavy (non-hydrogen) atoms. The lowest BCUT2D eigenvalue weighted by molar-refractivity contribution is -0.383. The Bertz CT molecular complexity index is 1030. The fraction of sp³-hybridized carbons (Fsp3) is 0.167. The fourth-order valence-corrected chi connectivity index (χ4v) is 2.07. The number of nitro groups is 1. The normalized spacial score (nSPS) is 11.1. The predicted octanol–water partition coefficient (Wildman–Crippen LogP) is 0.685. The Kier molecular flexibility index (Phi) is 2.58. The molecule has 0 bridgehead atoms. The van der Waals surface area contributed by atoms with Crippen molar-refractivity contribution in [3.8, 4) is 0 Å². The monoisotopic (exact) mass is 287 g/mol. The Hall–Kier alpha value is -3.10. The van der Waals surface area contributed by atoms with Gasteiger partial charge in [-0.3, -0.25) is 19.7 Å². The van der Waals surface area contributed by atoms with Gasteiger partial charge in [0.25, 0.3) is 5.69 Å². The second kappa shape index (κ2) is 4.20. The first-order valence-electron chi connectivity index (χ1n) is 5.97. The van der Waals surface area contributed by atoms with E-state index >= 15 is 0 Å². The molecule has 1 aromatic carbocycles. The van der Waals surface area contributed by atoms with Gasteiger partial charge in [0.1, 0.15) is 5.52 Å². The number of nitrogens with zero attached hydrogens (tertiary/aromatic N) is 3. The van der Waals surface area contributed by atoms with Gasteiger partial charge in [0.2, 0.25) is 0 Å². The number of aryl methyl sites for hydroxylation is 2. The zero-order valence-corrected chi connectivity index (χ0v) is 11.1. The van der Waals surface area contributed by atoms with Crippen LogP contribution in [0.3, 0.4) is 0 Å². The molecule has 0 unspecified atom stereocenters. The Morgan fingerprint density at radius 3 is 2.24 bits per heavy atom. The molecule has 9 heteroatoms. The number of aromatic nitrogens is 4. The number of non-ortho nitro benzene ring substituents is 1. The van der Waals surface area contributed by atoms with Gasteiger partial charge >= 0.3 is 11.1 Å². The lowest BCUT2D eigenvalue weighted by atomic mass is 10.2. The zero-order chi connectivity index (χ0) is 15.3. The highest BCUT2D eigenvalue weighted by molar-refractivity contribution is 6.04. The van der Waals surface area contributed by atoms with Crippen molar-refractivity contribution in [1.29, 1.82) is 0 Å². The van der Waals surface area contributed by atoms with E-state index in [0.29, 0.717) is 11.4 Å². The summed E-state index contributed by atoms with van der Waals surface area (Å²) in [5, 5.41) is 11.2. The summed E-state index contributed by atoms with van der Waals surface area (Å²) in [6.07, 6.45) is 0. The molecular weight excluding hydrogens is 278 g/mol. The van der Waals surface area contributed by atoms with Crippen LogP contribution in [0.5, 0.6) is 0 Å². The Morgan fingerprint density at radius 1 is 1.05 bits per heavy atom. The van der Waals surface area contributed by atoms with Gasteiger partial charge in [0.05, 0.1) is 27.3 Å². The van der Waals surface area contributed by atoms with E-state index < -0.39 is 16.0 Å². The van der Waals surface area contributed by atoms with Gasteiger partial charge in [-0.05, 0) is 13.8 Å². The number of nitrogens with one attached hydrogen (secondary N) is 2. The number of nitro benzene ring substituents is 1. The van der Waals surface area contributed by atoms with Crippen LogP contribution in [-0.2, 0) is 0 Å². The maximum Gasteiger partial charge on any atom is 0.314 e. The standard InChI is InChI=1S/C12H9N5O4/c1-4-5(2)14-10-8-6(15-11(18)12(19)16-8)3-7(17(20)21)9(10)13-4/h3H,1-2H3,(H,15,18)(H,16,19). The molecule has 0 saturated carbocycles. The molecule has 2 heterocycles. The molecule has 3 rings (SSSR count). The van der Waals surface area contributed by atoms with E-state index in [0.717, 1.165) is 0 Å². The first-order chi connectivity index (χ1) is 9.88. The first-order valence-corrected chi connectivity index (χ1v) is 5.97. The summed E-state index contributed by atoms with van der Waals surface area (Å²) in [5.41, 5.74) is -0.282. The second-order valence-electron chi connectivity index (χ2n) is 4.58. The summed E-state index contributed by atoms with van der Waals surface area (Å²) in [6.45, 7) is 3.39. The minimum atomic E-state index is -0.882. The van der Waals surface area contributed by atoms with Crippen molar-refractivity contribution in [3.05, 3.63) is 48.3 Å². The van der Waals surface area contributed by atoms with Crippen molar-refractivity contribution in [3.63, 3.8) is 0 Å². The van der Waals surface area contributed by atoms with Gasteiger partial charge in [0, 0.05) is 6.07 Å². The van der Waals surface area contributed by atoms with Crippen LogP contribution in [0.25, 0.3) is 22.1 Å². The molecule has 0 radical (unpaired) electrons.